The molecule has 0 spiro atoms. The number of para-hydroxylation sites is 1. The summed E-state index contributed by atoms with van der Waals surface area (Å²) in [6.07, 6.45) is 4.31. The van der Waals surface area contributed by atoms with E-state index in [1.807, 2.05) is 11.7 Å². The number of rotatable bonds is 3. The van der Waals surface area contributed by atoms with Gasteiger partial charge in [0.1, 0.15) is 0 Å². The Morgan fingerprint density at radius 2 is 2.20 bits per heavy atom. The summed E-state index contributed by atoms with van der Waals surface area (Å²) in [5.74, 6) is 0. The number of anilines is 1. The fraction of sp³-hybridized carbons (Fsp3) is 0.438. The van der Waals surface area contributed by atoms with Gasteiger partial charge in [0.25, 0.3) is 0 Å². The average Bonchev–Trinajstić information content (AvgIpc) is 2.74. The minimum absolute atomic E-state index is 0.487. The molecule has 20 heavy (non-hydrogen) atoms. The van der Waals surface area contributed by atoms with Crippen molar-refractivity contribution in [3.63, 3.8) is 0 Å². The van der Waals surface area contributed by atoms with Crippen LogP contribution >= 0.6 is 15.9 Å². The molecule has 1 aromatic carbocycles. The molecule has 1 N–H and O–H groups in total. The minimum atomic E-state index is 0.487. The number of nitrogens with zero attached hydrogens (tertiary/aromatic N) is 2. The SMILES string of the molecule is CCc1nn(C)c(CC2CCc3ccccc3N2)c1Br. The Hall–Kier alpha value is -1.29. The summed E-state index contributed by atoms with van der Waals surface area (Å²) in [6.45, 7) is 2.14. The minimum Gasteiger partial charge on any atom is -0.382 e. The number of hydrogen-bond donors (Lipinski definition) is 1. The average molecular weight is 334 g/mol. The van der Waals surface area contributed by atoms with Crippen molar-refractivity contribution in [2.75, 3.05) is 5.32 Å². The highest BCUT2D eigenvalue weighted by atomic mass is 79.9. The quantitative estimate of drug-likeness (QED) is 0.927. The van der Waals surface area contributed by atoms with Crippen LogP contribution in [0.15, 0.2) is 28.7 Å². The molecule has 0 bridgehead atoms. The summed E-state index contributed by atoms with van der Waals surface area (Å²) < 4.78 is 3.20. The molecular weight excluding hydrogens is 314 g/mol. The summed E-state index contributed by atoms with van der Waals surface area (Å²) in [4.78, 5) is 0. The Labute approximate surface area is 128 Å². The van der Waals surface area contributed by atoms with E-state index in [-0.39, 0.29) is 0 Å². The van der Waals surface area contributed by atoms with Gasteiger partial charge in [0.15, 0.2) is 0 Å². The van der Waals surface area contributed by atoms with Crippen molar-refractivity contribution in [2.24, 2.45) is 7.05 Å². The first-order valence-corrected chi connectivity index (χ1v) is 8.03. The van der Waals surface area contributed by atoms with E-state index < -0.39 is 0 Å². The van der Waals surface area contributed by atoms with E-state index in [2.05, 4.69) is 57.5 Å². The number of hydrogen-bond acceptors (Lipinski definition) is 2. The van der Waals surface area contributed by atoms with Crippen molar-refractivity contribution in [2.45, 2.75) is 38.6 Å². The van der Waals surface area contributed by atoms with Gasteiger partial charge in [-0.25, -0.2) is 0 Å². The molecule has 0 radical (unpaired) electrons. The predicted octanol–water partition coefficient (Wildman–Crippen LogP) is 3.71. The van der Waals surface area contributed by atoms with Gasteiger partial charge in [0.05, 0.1) is 15.9 Å². The summed E-state index contributed by atoms with van der Waals surface area (Å²) >= 11 is 3.71. The van der Waals surface area contributed by atoms with Crippen LogP contribution in [0, 0.1) is 0 Å². The monoisotopic (exact) mass is 333 g/mol. The first-order chi connectivity index (χ1) is 9.69. The zero-order chi connectivity index (χ0) is 14.1. The van der Waals surface area contributed by atoms with Gasteiger partial charge in [0, 0.05) is 25.2 Å². The van der Waals surface area contributed by atoms with Gasteiger partial charge >= 0.3 is 0 Å². The smallest absolute Gasteiger partial charge is 0.0766 e. The lowest BCUT2D eigenvalue weighted by atomic mass is 9.95. The van der Waals surface area contributed by atoms with E-state index in [0.717, 1.165) is 25.0 Å². The molecule has 1 aromatic heterocycles. The highest BCUT2D eigenvalue weighted by Crippen LogP contribution is 2.28. The summed E-state index contributed by atoms with van der Waals surface area (Å²) in [6, 6.07) is 9.10. The fourth-order valence-electron chi connectivity index (χ4n) is 2.93. The molecule has 0 amide bonds. The highest BCUT2D eigenvalue weighted by molar-refractivity contribution is 9.10. The Bertz CT molecular complexity index is 618. The molecule has 2 aromatic rings. The molecule has 0 saturated carbocycles. The van der Waals surface area contributed by atoms with Gasteiger partial charge in [-0.15, -0.1) is 0 Å². The van der Waals surface area contributed by atoms with Crippen molar-refractivity contribution < 1.29 is 0 Å². The number of benzene rings is 1. The van der Waals surface area contributed by atoms with Gasteiger partial charge in [-0.2, -0.15) is 5.10 Å². The van der Waals surface area contributed by atoms with Crippen LogP contribution in [0.3, 0.4) is 0 Å². The molecule has 1 unspecified atom stereocenters. The van der Waals surface area contributed by atoms with Crippen LogP contribution < -0.4 is 5.32 Å². The highest BCUT2D eigenvalue weighted by Gasteiger charge is 2.21. The number of fused-ring (bicyclic) bond motifs is 1. The number of nitrogens with one attached hydrogen (secondary N) is 1. The third-order valence-corrected chi connectivity index (χ3v) is 5.00. The molecule has 106 valence electrons. The Morgan fingerprint density at radius 1 is 1.40 bits per heavy atom. The second-order valence-electron chi connectivity index (χ2n) is 5.43. The number of aromatic nitrogens is 2. The van der Waals surface area contributed by atoms with Gasteiger partial charge < -0.3 is 5.32 Å². The van der Waals surface area contributed by atoms with Crippen LogP contribution in [0.1, 0.15) is 30.3 Å². The zero-order valence-electron chi connectivity index (χ0n) is 12.0. The van der Waals surface area contributed by atoms with Crippen molar-refractivity contribution in [3.8, 4) is 0 Å². The lowest BCUT2D eigenvalue weighted by molar-refractivity contribution is 0.591. The summed E-state index contributed by atoms with van der Waals surface area (Å²) in [5, 5.41) is 8.25. The predicted molar refractivity (Wildman–Crippen MR) is 86.2 cm³/mol. The first kappa shape index (κ1) is 13.7. The third kappa shape index (κ3) is 2.49. The van der Waals surface area contributed by atoms with Gasteiger partial charge in [0.2, 0.25) is 0 Å². The van der Waals surface area contributed by atoms with Crippen LogP contribution in [0.2, 0.25) is 0 Å². The van der Waals surface area contributed by atoms with Crippen molar-refractivity contribution in [3.05, 3.63) is 45.7 Å². The second kappa shape index (κ2) is 5.60. The Balaban J connectivity index is 1.79. The number of aryl methyl sites for hydroxylation is 3. The normalized spacial score (nSPS) is 17.6. The maximum atomic E-state index is 4.58. The van der Waals surface area contributed by atoms with Gasteiger partial charge in [-0.05, 0) is 46.8 Å². The molecule has 3 nitrogen and oxygen atoms in total. The molecule has 0 fully saturated rings. The molecule has 4 heteroatoms. The lowest BCUT2D eigenvalue weighted by Gasteiger charge is -2.27. The fourth-order valence-corrected chi connectivity index (χ4v) is 3.71. The van der Waals surface area contributed by atoms with Gasteiger partial charge in [-0.3, -0.25) is 4.68 Å². The van der Waals surface area contributed by atoms with E-state index in [9.17, 15) is 0 Å². The van der Waals surface area contributed by atoms with E-state index in [1.54, 1.807) is 0 Å². The second-order valence-corrected chi connectivity index (χ2v) is 6.22. The van der Waals surface area contributed by atoms with Crippen molar-refractivity contribution in [1.29, 1.82) is 0 Å². The summed E-state index contributed by atoms with van der Waals surface area (Å²) in [5.41, 5.74) is 5.16. The Morgan fingerprint density at radius 3 is 2.95 bits per heavy atom. The molecule has 1 aliphatic heterocycles. The Kier molecular flexibility index (Phi) is 3.83. The van der Waals surface area contributed by atoms with Crippen LogP contribution in [-0.4, -0.2) is 15.8 Å². The molecule has 1 aliphatic rings. The topological polar surface area (TPSA) is 29.9 Å². The molecule has 3 rings (SSSR count). The first-order valence-electron chi connectivity index (χ1n) is 7.23. The van der Waals surface area contributed by atoms with Crippen LogP contribution in [-0.2, 0) is 26.3 Å². The van der Waals surface area contributed by atoms with E-state index in [0.29, 0.717) is 6.04 Å². The molecule has 0 saturated heterocycles. The zero-order valence-corrected chi connectivity index (χ0v) is 13.6. The third-order valence-electron chi connectivity index (χ3n) is 4.08. The van der Waals surface area contributed by atoms with Crippen LogP contribution in [0.25, 0.3) is 0 Å². The number of halogens is 1. The van der Waals surface area contributed by atoms with E-state index >= 15 is 0 Å². The maximum Gasteiger partial charge on any atom is 0.0766 e. The molecule has 1 atom stereocenters. The van der Waals surface area contributed by atoms with Gasteiger partial charge in [-0.1, -0.05) is 25.1 Å². The maximum absolute atomic E-state index is 4.58. The van der Waals surface area contributed by atoms with E-state index in [1.165, 1.54) is 27.8 Å². The van der Waals surface area contributed by atoms with Crippen LogP contribution in [0.4, 0.5) is 5.69 Å². The lowest BCUT2D eigenvalue weighted by Crippen LogP contribution is -2.28. The van der Waals surface area contributed by atoms with Crippen molar-refractivity contribution >= 4 is 21.6 Å². The standard InChI is InChI=1S/C16H20BrN3/c1-3-13-16(17)15(20(2)19-13)10-12-9-8-11-6-4-5-7-14(11)18-12/h4-7,12,18H,3,8-10H2,1-2H3. The molecule has 0 aliphatic carbocycles. The van der Waals surface area contributed by atoms with E-state index in [4.69, 9.17) is 0 Å². The largest absolute Gasteiger partial charge is 0.382 e. The van der Waals surface area contributed by atoms with Crippen molar-refractivity contribution in [1.82, 2.24) is 9.78 Å². The summed E-state index contributed by atoms with van der Waals surface area (Å²) in [7, 11) is 2.04. The van der Waals surface area contributed by atoms with Crippen LogP contribution in [0.5, 0.6) is 0 Å². The molecular formula is C16H20BrN3. The molecule has 2 heterocycles.